The largest absolute Gasteiger partial charge is 0.299 e. The van der Waals surface area contributed by atoms with Gasteiger partial charge >= 0.3 is 0 Å². The van der Waals surface area contributed by atoms with Gasteiger partial charge in [-0.15, -0.1) is 0 Å². The molecule has 0 bridgehead atoms. The molecule has 0 radical (unpaired) electrons. The number of rotatable bonds is 5. The first-order valence-corrected chi connectivity index (χ1v) is 3.98. The molecule has 0 N–H and O–H groups in total. The average molecular weight is 210 g/mol. The normalized spacial score (nSPS) is 9.30. The molecule has 0 aromatic rings. The van der Waals surface area contributed by atoms with Gasteiger partial charge in [0.25, 0.3) is 0 Å². The molecule has 0 spiro atoms. The van der Waals surface area contributed by atoms with Gasteiger partial charge in [-0.1, -0.05) is 15.9 Å². The highest BCUT2D eigenvalue weighted by Gasteiger charge is 2.01. The van der Waals surface area contributed by atoms with Crippen molar-refractivity contribution in [2.45, 2.75) is 12.8 Å². The molecule has 4 nitrogen and oxygen atoms in total. The van der Waals surface area contributed by atoms with Gasteiger partial charge in [0.15, 0.2) is 0 Å². The minimum Gasteiger partial charge on any atom is -0.299 e. The Kier molecular flexibility index (Phi) is 5.10. The molecule has 0 aromatic heterocycles. The fourth-order valence-electron chi connectivity index (χ4n) is 0.472. The lowest BCUT2D eigenvalue weighted by molar-refractivity contribution is -0.480. The maximum Gasteiger partial charge on any atom is 0.204 e. The molecule has 0 unspecified atom stereocenters. The van der Waals surface area contributed by atoms with E-state index in [2.05, 4.69) is 15.9 Å². The van der Waals surface area contributed by atoms with Gasteiger partial charge < -0.3 is 0 Å². The van der Waals surface area contributed by atoms with E-state index in [-0.39, 0.29) is 12.3 Å². The number of nitro groups is 1. The Morgan fingerprint density at radius 2 is 2.20 bits per heavy atom. The Morgan fingerprint density at radius 3 is 2.60 bits per heavy atom. The molecule has 0 heterocycles. The summed E-state index contributed by atoms with van der Waals surface area (Å²) in [7, 11) is 0. The van der Waals surface area contributed by atoms with Crippen LogP contribution in [0.4, 0.5) is 0 Å². The van der Waals surface area contributed by atoms with Crippen molar-refractivity contribution in [3.8, 4) is 0 Å². The summed E-state index contributed by atoms with van der Waals surface area (Å²) < 4.78 is 0. The zero-order valence-corrected chi connectivity index (χ0v) is 6.96. The Morgan fingerprint density at radius 1 is 1.60 bits per heavy atom. The molecular weight excluding hydrogens is 202 g/mol. The zero-order chi connectivity index (χ0) is 7.98. The van der Waals surface area contributed by atoms with Gasteiger partial charge in [0.05, 0.1) is 5.33 Å². The average Bonchev–Trinajstić information content (AvgIpc) is 1.87. The van der Waals surface area contributed by atoms with Crippen LogP contribution in [0.5, 0.6) is 0 Å². The quantitative estimate of drug-likeness (QED) is 0.386. The smallest absolute Gasteiger partial charge is 0.204 e. The van der Waals surface area contributed by atoms with Crippen LogP contribution in [0.2, 0.25) is 0 Å². The van der Waals surface area contributed by atoms with Crippen LogP contribution in [0.25, 0.3) is 0 Å². The van der Waals surface area contributed by atoms with E-state index in [0.29, 0.717) is 18.2 Å². The van der Waals surface area contributed by atoms with E-state index in [0.717, 1.165) is 0 Å². The number of carbonyl (C=O) groups is 1. The monoisotopic (exact) mass is 209 g/mol. The number of nitrogens with zero attached hydrogens (tertiary/aromatic N) is 1. The summed E-state index contributed by atoms with van der Waals surface area (Å²) >= 11 is 2.96. The van der Waals surface area contributed by atoms with Gasteiger partial charge in [-0.25, -0.2) is 0 Å². The number of hydrogen-bond acceptors (Lipinski definition) is 3. The summed E-state index contributed by atoms with van der Waals surface area (Å²) in [5.41, 5.74) is 0. The van der Waals surface area contributed by atoms with Crippen LogP contribution in [0.1, 0.15) is 12.8 Å². The van der Waals surface area contributed by atoms with Gasteiger partial charge in [0.2, 0.25) is 6.54 Å². The third-order valence-electron chi connectivity index (χ3n) is 0.945. The van der Waals surface area contributed by atoms with Crippen molar-refractivity contribution in [2.75, 3.05) is 11.9 Å². The molecule has 0 saturated heterocycles. The number of ketones is 1. The zero-order valence-electron chi connectivity index (χ0n) is 5.38. The van der Waals surface area contributed by atoms with Gasteiger partial charge in [-0.05, 0) is 0 Å². The molecule has 0 atom stereocenters. The standard InChI is InChI=1S/C5H8BrNO3/c6-4-5(8)2-1-3-7(9)10/h1-4H2. The highest BCUT2D eigenvalue weighted by Crippen LogP contribution is 1.93. The second-order valence-electron chi connectivity index (χ2n) is 1.83. The minimum atomic E-state index is -0.415. The van der Waals surface area contributed by atoms with Crippen molar-refractivity contribution in [3.05, 3.63) is 10.1 Å². The summed E-state index contributed by atoms with van der Waals surface area (Å²) in [4.78, 5) is 19.9. The molecule has 0 aliphatic heterocycles. The van der Waals surface area contributed by atoms with E-state index < -0.39 is 4.92 Å². The molecule has 0 aliphatic carbocycles. The lowest BCUT2D eigenvalue weighted by Crippen LogP contribution is -2.05. The van der Waals surface area contributed by atoms with Crippen LogP contribution in [-0.2, 0) is 4.79 Å². The Labute approximate surface area is 66.9 Å². The van der Waals surface area contributed by atoms with Crippen molar-refractivity contribution in [3.63, 3.8) is 0 Å². The molecule has 0 rings (SSSR count). The first-order valence-electron chi connectivity index (χ1n) is 2.86. The minimum absolute atomic E-state index is 0.0156. The van der Waals surface area contributed by atoms with Crippen LogP contribution < -0.4 is 0 Å². The van der Waals surface area contributed by atoms with Gasteiger partial charge in [-0.2, -0.15) is 0 Å². The maximum atomic E-state index is 10.5. The highest BCUT2D eigenvalue weighted by atomic mass is 79.9. The molecule has 0 aromatic carbocycles. The van der Waals surface area contributed by atoms with E-state index >= 15 is 0 Å². The first kappa shape index (κ1) is 9.55. The molecule has 0 amide bonds. The van der Waals surface area contributed by atoms with E-state index in [4.69, 9.17) is 0 Å². The fourth-order valence-corrected chi connectivity index (χ4v) is 0.753. The lowest BCUT2D eigenvalue weighted by Gasteiger charge is -1.91. The lowest BCUT2D eigenvalue weighted by atomic mass is 10.2. The Balaban J connectivity index is 3.20. The third kappa shape index (κ3) is 5.68. The summed E-state index contributed by atoms with van der Waals surface area (Å²) in [6.45, 7) is -0.112. The van der Waals surface area contributed by atoms with Crippen LogP contribution in [0.3, 0.4) is 0 Å². The number of Topliss-reactive ketones (excluding diaryl/α,β-unsaturated/α-hetero) is 1. The number of halogens is 1. The summed E-state index contributed by atoms with van der Waals surface area (Å²) in [5.74, 6) is 0.0156. The predicted molar refractivity (Wildman–Crippen MR) is 39.9 cm³/mol. The van der Waals surface area contributed by atoms with E-state index in [1.165, 1.54) is 0 Å². The molecular formula is C5H8BrNO3. The predicted octanol–water partition coefficient (Wildman–Crippen LogP) is 1.01. The van der Waals surface area contributed by atoms with Crippen molar-refractivity contribution >= 4 is 21.7 Å². The van der Waals surface area contributed by atoms with Gasteiger partial charge in [-0.3, -0.25) is 14.9 Å². The molecule has 0 fully saturated rings. The second kappa shape index (κ2) is 5.34. The summed E-state index contributed by atoms with van der Waals surface area (Å²) in [6.07, 6.45) is 0.643. The SMILES string of the molecule is O=C(CBr)CCC[N+](=O)[O-]. The van der Waals surface area contributed by atoms with Gasteiger partial charge in [0.1, 0.15) is 5.78 Å². The van der Waals surface area contributed by atoms with Crippen molar-refractivity contribution < 1.29 is 9.72 Å². The Hall–Kier alpha value is -0.450. The molecule has 10 heavy (non-hydrogen) atoms. The molecule has 0 aliphatic rings. The van der Waals surface area contributed by atoms with Crippen LogP contribution in [0.15, 0.2) is 0 Å². The molecule has 0 saturated carbocycles. The number of carbonyl (C=O) groups excluding carboxylic acids is 1. The maximum absolute atomic E-state index is 10.5. The van der Waals surface area contributed by atoms with Crippen molar-refractivity contribution in [2.24, 2.45) is 0 Å². The van der Waals surface area contributed by atoms with Crippen LogP contribution in [-0.4, -0.2) is 22.6 Å². The van der Waals surface area contributed by atoms with E-state index in [9.17, 15) is 14.9 Å². The van der Waals surface area contributed by atoms with Crippen molar-refractivity contribution in [1.82, 2.24) is 0 Å². The van der Waals surface area contributed by atoms with Crippen LogP contribution >= 0.6 is 15.9 Å². The summed E-state index contributed by atoms with van der Waals surface area (Å²) in [6, 6.07) is 0. The second-order valence-corrected chi connectivity index (χ2v) is 2.39. The number of hydrogen-bond donors (Lipinski definition) is 0. The molecule has 58 valence electrons. The van der Waals surface area contributed by atoms with E-state index in [1.807, 2.05) is 0 Å². The van der Waals surface area contributed by atoms with Gasteiger partial charge in [0, 0.05) is 17.8 Å². The van der Waals surface area contributed by atoms with E-state index in [1.54, 1.807) is 0 Å². The third-order valence-corrected chi connectivity index (χ3v) is 1.57. The van der Waals surface area contributed by atoms with Crippen LogP contribution in [0, 0.1) is 10.1 Å². The Bertz CT molecular complexity index is 137. The topological polar surface area (TPSA) is 60.2 Å². The number of alkyl halides is 1. The fraction of sp³-hybridized carbons (Fsp3) is 0.800. The first-order chi connectivity index (χ1) is 4.66. The van der Waals surface area contributed by atoms with Crippen molar-refractivity contribution in [1.29, 1.82) is 0 Å². The molecule has 5 heteroatoms. The summed E-state index contributed by atoms with van der Waals surface area (Å²) in [5, 5.41) is 10.0. The highest BCUT2D eigenvalue weighted by molar-refractivity contribution is 9.09.